The Kier molecular flexibility index (Phi) is 4.31. The summed E-state index contributed by atoms with van der Waals surface area (Å²) in [5.41, 5.74) is 0.972. The Morgan fingerprint density at radius 1 is 1.37 bits per heavy atom. The van der Waals surface area contributed by atoms with E-state index in [1.165, 1.54) is 16.3 Å². The lowest BCUT2D eigenvalue weighted by molar-refractivity contribution is 0.242. The van der Waals surface area contributed by atoms with Crippen molar-refractivity contribution in [2.75, 3.05) is 0 Å². The van der Waals surface area contributed by atoms with Gasteiger partial charge in [0.2, 0.25) is 0 Å². The molecule has 0 unspecified atom stereocenters. The molecule has 1 aromatic carbocycles. The van der Waals surface area contributed by atoms with Crippen molar-refractivity contribution in [2.45, 2.75) is 30.9 Å². The molecule has 6 heteroatoms. The minimum absolute atomic E-state index is 0.179. The van der Waals surface area contributed by atoms with Gasteiger partial charge in [0.1, 0.15) is 5.75 Å². The molecule has 1 aromatic heterocycles. The summed E-state index contributed by atoms with van der Waals surface area (Å²) in [6.07, 6.45) is 0.179. The third-order valence-corrected chi connectivity index (χ3v) is 3.60. The molecule has 0 atom stereocenters. The Hall–Kier alpha value is -1.69. The molecular weight excluding hydrogens is 262 g/mol. The zero-order valence-electron chi connectivity index (χ0n) is 11.2. The number of thioether (sulfide) groups is 1. The number of ether oxygens (including phenoxy) is 1. The first-order valence-electron chi connectivity index (χ1n) is 6.06. The van der Waals surface area contributed by atoms with Crippen LogP contribution in [0.4, 0.5) is 0 Å². The van der Waals surface area contributed by atoms with Gasteiger partial charge < -0.3 is 4.74 Å². The number of rotatable bonds is 5. The number of aromatic nitrogens is 3. The van der Waals surface area contributed by atoms with Gasteiger partial charge in [-0.15, -0.1) is 5.10 Å². The molecule has 19 heavy (non-hydrogen) atoms. The van der Waals surface area contributed by atoms with Crippen LogP contribution < -0.4 is 10.4 Å². The number of hydrogen-bond acceptors (Lipinski definition) is 4. The van der Waals surface area contributed by atoms with E-state index >= 15 is 0 Å². The van der Waals surface area contributed by atoms with Crippen LogP contribution in [0.1, 0.15) is 19.4 Å². The molecule has 102 valence electrons. The molecule has 0 aliphatic heterocycles. The zero-order valence-corrected chi connectivity index (χ0v) is 12.0. The van der Waals surface area contributed by atoms with E-state index in [1.807, 2.05) is 38.1 Å². The van der Waals surface area contributed by atoms with Crippen molar-refractivity contribution < 1.29 is 4.74 Å². The first-order chi connectivity index (χ1) is 9.06. The van der Waals surface area contributed by atoms with E-state index in [1.54, 1.807) is 7.05 Å². The highest BCUT2D eigenvalue weighted by Crippen LogP contribution is 2.21. The van der Waals surface area contributed by atoms with E-state index in [2.05, 4.69) is 10.2 Å². The molecule has 0 bridgehead atoms. The summed E-state index contributed by atoms with van der Waals surface area (Å²) in [4.78, 5) is 11.2. The second kappa shape index (κ2) is 5.97. The molecule has 0 spiro atoms. The molecular formula is C13H17N3O2S. The van der Waals surface area contributed by atoms with Gasteiger partial charge in [-0.1, -0.05) is 23.9 Å². The van der Waals surface area contributed by atoms with Crippen LogP contribution in [0.25, 0.3) is 0 Å². The van der Waals surface area contributed by atoms with Crippen molar-refractivity contribution in [3.63, 3.8) is 0 Å². The summed E-state index contributed by atoms with van der Waals surface area (Å²) in [5.74, 6) is 1.64. The standard InChI is InChI=1S/C13H17N3O2S/c1-9(2)18-11-6-4-10(5-7-11)8-19-13-15-14-12(17)16(13)3/h4-7,9H,8H2,1-3H3,(H,14,17). The second-order valence-electron chi connectivity index (χ2n) is 4.47. The van der Waals surface area contributed by atoms with Crippen LogP contribution in [0.5, 0.6) is 5.75 Å². The molecule has 0 saturated heterocycles. The molecule has 0 amide bonds. The maximum Gasteiger partial charge on any atom is 0.343 e. The lowest BCUT2D eigenvalue weighted by atomic mass is 10.2. The Labute approximate surface area is 116 Å². The van der Waals surface area contributed by atoms with Crippen molar-refractivity contribution in [3.05, 3.63) is 40.3 Å². The summed E-state index contributed by atoms with van der Waals surface area (Å²) in [7, 11) is 1.70. The van der Waals surface area contributed by atoms with E-state index in [0.717, 1.165) is 17.1 Å². The minimum Gasteiger partial charge on any atom is -0.491 e. The predicted molar refractivity (Wildman–Crippen MR) is 75.6 cm³/mol. The number of nitrogens with zero attached hydrogens (tertiary/aromatic N) is 2. The average molecular weight is 279 g/mol. The average Bonchev–Trinajstić information content (AvgIpc) is 2.69. The van der Waals surface area contributed by atoms with Crippen LogP contribution in [0.2, 0.25) is 0 Å². The van der Waals surface area contributed by atoms with Crippen molar-refractivity contribution in [1.82, 2.24) is 14.8 Å². The zero-order chi connectivity index (χ0) is 13.8. The van der Waals surface area contributed by atoms with Crippen molar-refractivity contribution in [1.29, 1.82) is 0 Å². The maximum absolute atomic E-state index is 11.2. The highest BCUT2D eigenvalue weighted by Gasteiger charge is 2.05. The molecule has 5 nitrogen and oxygen atoms in total. The molecule has 1 N–H and O–H groups in total. The Balaban J connectivity index is 1.96. The van der Waals surface area contributed by atoms with Crippen LogP contribution in [0, 0.1) is 0 Å². The third kappa shape index (κ3) is 3.64. The van der Waals surface area contributed by atoms with Gasteiger partial charge in [-0.2, -0.15) is 0 Å². The number of hydrogen-bond donors (Lipinski definition) is 1. The second-order valence-corrected chi connectivity index (χ2v) is 5.41. The van der Waals surface area contributed by atoms with E-state index in [-0.39, 0.29) is 11.8 Å². The normalized spacial score (nSPS) is 10.9. The van der Waals surface area contributed by atoms with Crippen molar-refractivity contribution in [3.8, 4) is 5.75 Å². The van der Waals surface area contributed by atoms with Gasteiger partial charge >= 0.3 is 5.69 Å². The summed E-state index contributed by atoms with van der Waals surface area (Å²) in [6, 6.07) is 7.96. The van der Waals surface area contributed by atoms with E-state index in [9.17, 15) is 4.79 Å². The van der Waals surface area contributed by atoms with Gasteiger partial charge in [0, 0.05) is 12.8 Å². The number of nitrogens with one attached hydrogen (secondary N) is 1. The maximum atomic E-state index is 11.2. The molecule has 0 saturated carbocycles. The van der Waals surface area contributed by atoms with Gasteiger partial charge in [-0.3, -0.25) is 4.57 Å². The van der Waals surface area contributed by atoms with Crippen LogP contribution >= 0.6 is 11.8 Å². The van der Waals surface area contributed by atoms with Crippen LogP contribution in [0.3, 0.4) is 0 Å². The largest absolute Gasteiger partial charge is 0.491 e. The summed E-state index contributed by atoms with van der Waals surface area (Å²) in [6.45, 7) is 4.00. The van der Waals surface area contributed by atoms with Gasteiger partial charge in [0.15, 0.2) is 5.16 Å². The third-order valence-electron chi connectivity index (χ3n) is 2.50. The van der Waals surface area contributed by atoms with Crippen LogP contribution in [0.15, 0.2) is 34.2 Å². The molecule has 1 heterocycles. The lowest BCUT2D eigenvalue weighted by Gasteiger charge is -2.09. The van der Waals surface area contributed by atoms with Gasteiger partial charge in [0.25, 0.3) is 0 Å². The molecule has 0 aliphatic rings. The molecule has 2 rings (SSSR count). The smallest absolute Gasteiger partial charge is 0.343 e. The molecule has 2 aromatic rings. The van der Waals surface area contributed by atoms with Gasteiger partial charge in [-0.25, -0.2) is 9.89 Å². The van der Waals surface area contributed by atoms with E-state index in [0.29, 0.717) is 5.16 Å². The van der Waals surface area contributed by atoms with E-state index in [4.69, 9.17) is 4.74 Å². The Bertz CT molecular complexity index is 587. The first kappa shape index (κ1) is 13.7. The summed E-state index contributed by atoms with van der Waals surface area (Å²) < 4.78 is 7.09. The van der Waals surface area contributed by atoms with E-state index < -0.39 is 0 Å². The van der Waals surface area contributed by atoms with Gasteiger partial charge in [0.05, 0.1) is 6.10 Å². The lowest BCUT2D eigenvalue weighted by Crippen LogP contribution is -2.12. The van der Waals surface area contributed by atoms with Crippen LogP contribution in [-0.4, -0.2) is 20.9 Å². The molecule has 0 aliphatic carbocycles. The van der Waals surface area contributed by atoms with Gasteiger partial charge in [-0.05, 0) is 31.5 Å². The highest BCUT2D eigenvalue weighted by molar-refractivity contribution is 7.98. The highest BCUT2D eigenvalue weighted by atomic mass is 32.2. The predicted octanol–water partition coefficient (Wildman–Crippen LogP) is 2.19. The number of H-pyrrole nitrogens is 1. The fourth-order valence-corrected chi connectivity index (χ4v) is 2.42. The number of aromatic amines is 1. The SMILES string of the molecule is CC(C)Oc1ccc(CSc2n[nH]c(=O)n2C)cc1. The summed E-state index contributed by atoms with van der Waals surface area (Å²) >= 11 is 1.52. The minimum atomic E-state index is -0.191. The molecule has 0 fully saturated rings. The Morgan fingerprint density at radius 3 is 2.58 bits per heavy atom. The quantitative estimate of drug-likeness (QED) is 0.852. The topological polar surface area (TPSA) is 59.9 Å². The fourth-order valence-electron chi connectivity index (χ4n) is 1.55. The summed E-state index contributed by atoms with van der Waals surface area (Å²) in [5, 5.41) is 7.06. The van der Waals surface area contributed by atoms with Crippen molar-refractivity contribution in [2.24, 2.45) is 7.05 Å². The van der Waals surface area contributed by atoms with Crippen molar-refractivity contribution >= 4 is 11.8 Å². The van der Waals surface area contributed by atoms with Crippen LogP contribution in [-0.2, 0) is 12.8 Å². The molecule has 0 radical (unpaired) electrons. The number of benzene rings is 1. The first-order valence-corrected chi connectivity index (χ1v) is 7.04. The fraction of sp³-hybridized carbons (Fsp3) is 0.385. The monoisotopic (exact) mass is 279 g/mol. The Morgan fingerprint density at radius 2 is 2.05 bits per heavy atom.